The van der Waals surface area contributed by atoms with E-state index in [1.54, 1.807) is 18.2 Å². The van der Waals surface area contributed by atoms with Crippen molar-refractivity contribution in [1.82, 2.24) is 4.98 Å². The minimum atomic E-state index is -1.60. The Labute approximate surface area is 110 Å². The summed E-state index contributed by atoms with van der Waals surface area (Å²) in [6.45, 7) is 1.89. The zero-order valence-electron chi connectivity index (χ0n) is 10.7. The largest absolute Gasteiger partial charge is 0.467 e. The van der Waals surface area contributed by atoms with Crippen molar-refractivity contribution in [3.63, 3.8) is 0 Å². The van der Waals surface area contributed by atoms with Gasteiger partial charge in [-0.1, -0.05) is 12.1 Å². The number of aliphatic hydroxyl groups is 2. The van der Waals surface area contributed by atoms with E-state index in [1.165, 1.54) is 0 Å². The van der Waals surface area contributed by atoms with Crippen molar-refractivity contribution < 1.29 is 19.7 Å². The fourth-order valence-electron chi connectivity index (χ4n) is 1.86. The van der Waals surface area contributed by atoms with Crippen LogP contribution in [0.2, 0.25) is 0 Å². The normalized spacial score (nSPS) is 14.1. The number of pyridine rings is 1. The smallest absolute Gasteiger partial charge is 0.337 e. The summed E-state index contributed by atoms with van der Waals surface area (Å²) >= 11 is 0. The monoisotopic (exact) mass is 261 g/mol. The van der Waals surface area contributed by atoms with Crippen molar-refractivity contribution in [1.29, 1.82) is 0 Å². The molecule has 2 rings (SSSR count). The van der Waals surface area contributed by atoms with Gasteiger partial charge in [-0.3, -0.25) is 4.98 Å². The highest BCUT2D eigenvalue weighted by Crippen LogP contribution is 2.22. The Morgan fingerprint density at radius 3 is 2.68 bits per heavy atom. The molecule has 2 aromatic rings. The third kappa shape index (κ3) is 2.72. The molecule has 2 N–H and O–H groups in total. The van der Waals surface area contributed by atoms with Crippen molar-refractivity contribution in [3.05, 3.63) is 41.6 Å². The van der Waals surface area contributed by atoms with Crippen molar-refractivity contribution in [2.75, 3.05) is 7.11 Å². The average molecular weight is 261 g/mol. The van der Waals surface area contributed by atoms with E-state index in [9.17, 15) is 15.0 Å². The molecule has 0 saturated heterocycles. The second-order valence-electron chi connectivity index (χ2n) is 4.32. The Balaban J connectivity index is 2.35. The maximum Gasteiger partial charge on any atom is 0.337 e. The number of hydrogen-bond acceptors (Lipinski definition) is 5. The molecule has 5 nitrogen and oxygen atoms in total. The van der Waals surface area contributed by atoms with Gasteiger partial charge in [0.15, 0.2) is 6.10 Å². The number of fused-ring (bicyclic) bond motifs is 1. The first-order valence-electron chi connectivity index (χ1n) is 5.84. The van der Waals surface area contributed by atoms with Crippen LogP contribution in [0.25, 0.3) is 10.9 Å². The summed E-state index contributed by atoms with van der Waals surface area (Å²) in [6, 6.07) is 8.79. The van der Waals surface area contributed by atoms with Crippen molar-refractivity contribution in [3.8, 4) is 0 Å². The maximum atomic E-state index is 11.2. The molecule has 0 radical (unpaired) electrons. The zero-order valence-corrected chi connectivity index (χ0v) is 10.7. The molecule has 1 aromatic heterocycles. The number of carbonyl (C=O) groups excluding carboxylic acids is 1. The summed E-state index contributed by atoms with van der Waals surface area (Å²) in [5.74, 6) is -0.866. The van der Waals surface area contributed by atoms with Crippen LogP contribution in [0, 0.1) is 6.92 Å². The lowest BCUT2D eigenvalue weighted by Crippen LogP contribution is -2.29. The van der Waals surface area contributed by atoms with E-state index in [1.807, 2.05) is 19.1 Å². The third-order valence-electron chi connectivity index (χ3n) is 2.94. The number of ether oxygens (including phenoxy) is 1. The molecule has 2 unspecified atom stereocenters. The Morgan fingerprint density at radius 2 is 2.00 bits per heavy atom. The SMILES string of the molecule is COC(=O)C(O)C(O)c1ccc2nc(C)ccc2c1. The number of aryl methyl sites for hydroxylation is 1. The standard InChI is InChI=1S/C14H15NO4/c1-8-3-4-9-7-10(5-6-11(9)15-8)12(16)13(17)14(18)19-2/h3-7,12-13,16-17H,1-2H3. The molecule has 0 bridgehead atoms. The van der Waals surface area contributed by atoms with Crippen LogP contribution in [-0.4, -0.2) is 34.4 Å². The topological polar surface area (TPSA) is 79.7 Å². The van der Waals surface area contributed by atoms with Gasteiger partial charge in [-0.05, 0) is 30.7 Å². The van der Waals surface area contributed by atoms with Gasteiger partial charge < -0.3 is 14.9 Å². The van der Waals surface area contributed by atoms with Crippen LogP contribution >= 0.6 is 0 Å². The van der Waals surface area contributed by atoms with E-state index in [-0.39, 0.29) is 0 Å². The van der Waals surface area contributed by atoms with Gasteiger partial charge in [-0.25, -0.2) is 4.79 Å². The Bertz CT molecular complexity index is 611. The highest BCUT2D eigenvalue weighted by atomic mass is 16.5. The summed E-state index contributed by atoms with van der Waals surface area (Å²) in [5, 5.41) is 20.4. The van der Waals surface area contributed by atoms with E-state index < -0.39 is 18.2 Å². The van der Waals surface area contributed by atoms with E-state index >= 15 is 0 Å². The lowest BCUT2D eigenvalue weighted by Gasteiger charge is -2.16. The van der Waals surface area contributed by atoms with Gasteiger partial charge in [0.1, 0.15) is 6.10 Å². The summed E-state index contributed by atoms with van der Waals surface area (Å²) in [5.41, 5.74) is 2.13. The summed E-state index contributed by atoms with van der Waals surface area (Å²) < 4.78 is 4.40. The molecule has 5 heteroatoms. The number of aliphatic hydroxyl groups excluding tert-OH is 2. The fourth-order valence-corrected chi connectivity index (χ4v) is 1.86. The molecule has 19 heavy (non-hydrogen) atoms. The molecule has 0 fully saturated rings. The number of nitrogens with zero attached hydrogens (tertiary/aromatic N) is 1. The van der Waals surface area contributed by atoms with E-state index in [4.69, 9.17) is 0 Å². The second kappa shape index (κ2) is 5.34. The van der Waals surface area contributed by atoms with Crippen LogP contribution in [0.15, 0.2) is 30.3 Å². The minimum absolute atomic E-state index is 0.441. The average Bonchev–Trinajstić information content (AvgIpc) is 2.44. The first-order chi connectivity index (χ1) is 9.02. The summed E-state index contributed by atoms with van der Waals surface area (Å²) in [4.78, 5) is 15.5. The van der Waals surface area contributed by atoms with Gasteiger partial charge in [-0.15, -0.1) is 0 Å². The van der Waals surface area contributed by atoms with Gasteiger partial charge >= 0.3 is 5.97 Å². The molecule has 2 atom stereocenters. The van der Waals surface area contributed by atoms with Crippen molar-refractivity contribution >= 4 is 16.9 Å². The number of rotatable bonds is 3. The van der Waals surface area contributed by atoms with Crippen LogP contribution in [0.5, 0.6) is 0 Å². The zero-order chi connectivity index (χ0) is 14.0. The molecule has 0 aliphatic carbocycles. The van der Waals surface area contributed by atoms with E-state index in [2.05, 4.69) is 9.72 Å². The highest BCUT2D eigenvalue weighted by molar-refractivity contribution is 5.80. The molecule has 0 amide bonds. The lowest BCUT2D eigenvalue weighted by atomic mass is 10.0. The lowest BCUT2D eigenvalue weighted by molar-refractivity contribution is -0.156. The predicted molar refractivity (Wildman–Crippen MR) is 69.5 cm³/mol. The van der Waals surface area contributed by atoms with E-state index in [0.717, 1.165) is 23.7 Å². The molecule has 0 spiro atoms. The number of hydrogen-bond donors (Lipinski definition) is 2. The molecule has 1 aromatic carbocycles. The van der Waals surface area contributed by atoms with Crippen LogP contribution in [0.4, 0.5) is 0 Å². The quantitative estimate of drug-likeness (QED) is 0.809. The van der Waals surface area contributed by atoms with Crippen LogP contribution < -0.4 is 0 Å². The number of esters is 1. The Morgan fingerprint density at radius 1 is 1.26 bits per heavy atom. The third-order valence-corrected chi connectivity index (χ3v) is 2.94. The Hall–Kier alpha value is -1.98. The first kappa shape index (κ1) is 13.5. The first-order valence-corrected chi connectivity index (χ1v) is 5.84. The maximum absolute atomic E-state index is 11.2. The summed E-state index contributed by atoms with van der Waals surface area (Å²) in [7, 11) is 1.16. The van der Waals surface area contributed by atoms with Gasteiger partial charge in [0.2, 0.25) is 0 Å². The number of methoxy groups -OCH3 is 1. The second-order valence-corrected chi connectivity index (χ2v) is 4.32. The molecule has 0 aliphatic rings. The minimum Gasteiger partial charge on any atom is -0.467 e. The van der Waals surface area contributed by atoms with Gasteiger partial charge in [0.25, 0.3) is 0 Å². The molecule has 1 heterocycles. The van der Waals surface area contributed by atoms with Gasteiger partial charge in [0, 0.05) is 11.1 Å². The van der Waals surface area contributed by atoms with Crippen LogP contribution in [0.3, 0.4) is 0 Å². The number of carbonyl (C=O) groups is 1. The van der Waals surface area contributed by atoms with E-state index in [0.29, 0.717) is 5.56 Å². The van der Waals surface area contributed by atoms with Crippen molar-refractivity contribution in [2.24, 2.45) is 0 Å². The van der Waals surface area contributed by atoms with Gasteiger partial charge in [-0.2, -0.15) is 0 Å². The fraction of sp³-hybridized carbons (Fsp3) is 0.286. The predicted octanol–water partition coefficient (Wildman–Crippen LogP) is 1.11. The highest BCUT2D eigenvalue weighted by Gasteiger charge is 2.26. The Kier molecular flexibility index (Phi) is 3.78. The number of benzene rings is 1. The molecule has 0 aliphatic heterocycles. The van der Waals surface area contributed by atoms with Crippen LogP contribution in [-0.2, 0) is 9.53 Å². The molecule has 0 saturated carbocycles. The van der Waals surface area contributed by atoms with Gasteiger partial charge in [0.05, 0.1) is 12.6 Å². The number of aromatic nitrogens is 1. The molecule has 100 valence electrons. The summed E-state index contributed by atoms with van der Waals surface area (Å²) in [6.07, 6.45) is -2.92. The molecular weight excluding hydrogens is 246 g/mol. The van der Waals surface area contributed by atoms with Crippen LogP contribution in [0.1, 0.15) is 17.4 Å². The molecular formula is C14H15NO4. The van der Waals surface area contributed by atoms with Crippen molar-refractivity contribution in [2.45, 2.75) is 19.1 Å².